The van der Waals surface area contributed by atoms with Gasteiger partial charge < -0.3 is 0 Å². The van der Waals surface area contributed by atoms with Crippen molar-refractivity contribution < 1.29 is 0 Å². The summed E-state index contributed by atoms with van der Waals surface area (Å²) in [5.74, 6) is 0. The molecule has 0 N–H and O–H groups in total. The van der Waals surface area contributed by atoms with Gasteiger partial charge in [0.05, 0.1) is 0 Å². The van der Waals surface area contributed by atoms with Gasteiger partial charge in [-0.15, -0.1) is 0 Å². The Morgan fingerprint density at radius 1 is 1.25 bits per heavy atom. The normalized spacial score (nSPS) is 9.50. The zero-order valence-corrected chi connectivity index (χ0v) is 9.16. The number of hydrogen-bond donors (Lipinski definition) is 0. The van der Waals surface area contributed by atoms with E-state index in [1.165, 1.54) is 10.1 Å². The Morgan fingerprint density at radius 3 is 2.33 bits per heavy atom. The van der Waals surface area contributed by atoms with Crippen molar-refractivity contribution in [2.75, 3.05) is 14.1 Å². The van der Waals surface area contributed by atoms with Crippen LogP contribution in [0.4, 0.5) is 0 Å². The molecule has 0 bridgehead atoms. The van der Waals surface area contributed by atoms with Gasteiger partial charge >= 0.3 is 81.4 Å². The van der Waals surface area contributed by atoms with Gasteiger partial charge in [-0.1, -0.05) is 0 Å². The average molecular weight is 226 g/mol. The molecule has 0 fully saturated rings. The van der Waals surface area contributed by atoms with E-state index in [4.69, 9.17) is 0 Å². The minimum atomic E-state index is 0.994. The van der Waals surface area contributed by atoms with Gasteiger partial charge in [-0.05, 0) is 0 Å². The van der Waals surface area contributed by atoms with Gasteiger partial charge in [0.1, 0.15) is 0 Å². The molecular weight excluding hydrogens is 213 g/mol. The molecule has 0 saturated heterocycles. The fourth-order valence-corrected chi connectivity index (χ4v) is 1.28. The van der Waals surface area contributed by atoms with Gasteiger partial charge in [0.15, 0.2) is 0 Å². The minimum absolute atomic E-state index is 0.994. The van der Waals surface area contributed by atoms with Crippen molar-refractivity contribution >= 4 is 20.1 Å². The number of rotatable bonds is 3. The third-order valence-electron chi connectivity index (χ3n) is 1.70. The van der Waals surface area contributed by atoms with E-state index in [-0.39, 0.29) is 0 Å². The predicted octanol–water partition coefficient (Wildman–Crippen LogP) is 1.09. The van der Waals surface area contributed by atoms with Gasteiger partial charge in [-0.2, -0.15) is 0 Å². The van der Waals surface area contributed by atoms with Crippen molar-refractivity contribution in [2.45, 2.75) is 6.42 Å². The Hall–Kier alpha value is -0.591. The molecule has 1 rings (SSSR count). The first-order chi connectivity index (χ1) is 5.70. The molecule has 0 amide bonds. The van der Waals surface area contributed by atoms with E-state index >= 15 is 0 Å². The summed E-state index contributed by atoms with van der Waals surface area (Å²) < 4.78 is 1.27. The summed E-state index contributed by atoms with van der Waals surface area (Å²) in [5, 5.41) is 0. The molecule has 1 aromatic carbocycles. The van der Waals surface area contributed by atoms with Crippen molar-refractivity contribution in [1.29, 1.82) is 0 Å². The molecular formula is C10H13NSe. The van der Waals surface area contributed by atoms with Gasteiger partial charge in [-0.3, -0.25) is 0 Å². The fraction of sp³-hybridized carbons (Fsp3) is 0.300. The number of nitrogens with zero attached hydrogens (tertiary/aromatic N) is 1. The monoisotopic (exact) mass is 227 g/mol. The number of benzene rings is 1. The zero-order chi connectivity index (χ0) is 8.97. The summed E-state index contributed by atoms with van der Waals surface area (Å²) in [6, 6.07) is 10.5. The van der Waals surface area contributed by atoms with E-state index in [1.54, 1.807) is 0 Å². The van der Waals surface area contributed by atoms with Crippen LogP contribution in [0.5, 0.6) is 0 Å². The van der Waals surface area contributed by atoms with Gasteiger partial charge in [-0.25, -0.2) is 0 Å². The van der Waals surface area contributed by atoms with Crippen LogP contribution in [-0.2, 0) is 6.42 Å². The summed E-state index contributed by atoms with van der Waals surface area (Å²) in [6.45, 7) is 0. The summed E-state index contributed by atoms with van der Waals surface area (Å²) in [6.07, 6.45) is 0.994. The molecule has 0 aliphatic heterocycles. The molecule has 64 valence electrons. The number of hydrogen-bond acceptors (Lipinski definition) is 1. The molecule has 0 heterocycles. The topological polar surface area (TPSA) is 3.24 Å². The van der Waals surface area contributed by atoms with Crippen LogP contribution < -0.4 is 0 Å². The third-order valence-corrected chi connectivity index (χ3v) is 2.77. The second-order valence-electron chi connectivity index (χ2n) is 2.95. The molecule has 0 aliphatic rings. The van der Waals surface area contributed by atoms with E-state index in [1.807, 2.05) is 6.07 Å². The molecule has 0 saturated carbocycles. The van der Waals surface area contributed by atoms with Gasteiger partial charge in [0, 0.05) is 0 Å². The van der Waals surface area contributed by atoms with Crippen LogP contribution in [0.2, 0.25) is 0 Å². The van der Waals surface area contributed by atoms with Gasteiger partial charge in [0.25, 0.3) is 0 Å². The van der Waals surface area contributed by atoms with Crippen LogP contribution in [0.15, 0.2) is 30.3 Å². The first-order valence-electron chi connectivity index (χ1n) is 3.94. The van der Waals surface area contributed by atoms with Crippen molar-refractivity contribution in [3.8, 4) is 0 Å². The van der Waals surface area contributed by atoms with E-state index in [9.17, 15) is 0 Å². The molecule has 1 nitrogen and oxygen atoms in total. The fourth-order valence-electron chi connectivity index (χ4n) is 0.929. The number of likely N-dealkylation sites (N-methyl/N-ethyl adjacent to an activating group) is 1. The quantitative estimate of drug-likeness (QED) is 0.697. The van der Waals surface area contributed by atoms with Crippen LogP contribution in [-0.4, -0.2) is 39.1 Å². The first-order valence-corrected chi connectivity index (χ1v) is 4.80. The van der Waals surface area contributed by atoms with Crippen LogP contribution in [0, 0.1) is 0 Å². The molecule has 0 unspecified atom stereocenters. The second kappa shape index (κ2) is 4.44. The molecule has 2 heteroatoms. The Balaban J connectivity index is 2.59. The van der Waals surface area contributed by atoms with E-state index < -0.39 is 0 Å². The molecule has 1 aromatic rings. The molecule has 12 heavy (non-hydrogen) atoms. The molecule has 0 spiro atoms. The van der Waals surface area contributed by atoms with Crippen molar-refractivity contribution in [2.24, 2.45) is 0 Å². The second-order valence-corrected chi connectivity index (χ2v) is 3.94. The molecule has 0 atom stereocenters. The Kier molecular flexibility index (Phi) is 3.51. The predicted molar refractivity (Wildman–Crippen MR) is 54.6 cm³/mol. The third kappa shape index (κ3) is 2.80. The van der Waals surface area contributed by atoms with Crippen molar-refractivity contribution in [3.63, 3.8) is 0 Å². The Morgan fingerprint density at radius 2 is 1.83 bits per heavy atom. The maximum atomic E-state index is 3.07. The van der Waals surface area contributed by atoms with Crippen molar-refractivity contribution in [3.05, 3.63) is 35.9 Å². The van der Waals surface area contributed by atoms with E-state index in [0.29, 0.717) is 0 Å². The SMILES string of the molecule is CN(C)C(=[Se])Cc1ccccc1. The Bertz CT molecular complexity index is 254. The van der Waals surface area contributed by atoms with Crippen LogP contribution in [0.3, 0.4) is 0 Å². The summed E-state index contributed by atoms with van der Waals surface area (Å²) in [4.78, 5) is 2.10. The van der Waals surface area contributed by atoms with E-state index in [0.717, 1.165) is 6.42 Å². The van der Waals surface area contributed by atoms with Crippen LogP contribution >= 0.6 is 0 Å². The summed E-state index contributed by atoms with van der Waals surface area (Å²) >= 11 is 3.07. The Labute approximate surface area is 81.8 Å². The average Bonchev–Trinajstić information content (AvgIpc) is 2.06. The molecule has 0 radical (unpaired) electrons. The summed E-state index contributed by atoms with van der Waals surface area (Å²) in [7, 11) is 4.10. The van der Waals surface area contributed by atoms with Gasteiger partial charge in [0.2, 0.25) is 0 Å². The van der Waals surface area contributed by atoms with E-state index in [2.05, 4.69) is 58.8 Å². The molecule has 0 aromatic heterocycles. The zero-order valence-electron chi connectivity index (χ0n) is 7.45. The first kappa shape index (κ1) is 9.50. The van der Waals surface area contributed by atoms with Crippen LogP contribution in [0.1, 0.15) is 5.56 Å². The summed E-state index contributed by atoms with van der Waals surface area (Å²) in [5.41, 5.74) is 1.35. The molecule has 0 aliphatic carbocycles. The maximum absolute atomic E-state index is 3.07. The van der Waals surface area contributed by atoms with Crippen molar-refractivity contribution in [1.82, 2.24) is 4.90 Å². The standard InChI is InChI=1S/C10H13NSe/c1-11(2)10(12)8-9-6-4-3-5-7-9/h3-7H,8H2,1-2H3. The van der Waals surface area contributed by atoms with Crippen LogP contribution in [0.25, 0.3) is 0 Å².